The Morgan fingerprint density at radius 1 is 1.30 bits per heavy atom. The molecule has 30 heavy (non-hydrogen) atoms. The Labute approximate surface area is 200 Å². The minimum Gasteiger partial charge on any atom is -0.468 e. The van der Waals surface area contributed by atoms with Crippen molar-refractivity contribution in [3.05, 3.63) is 35.8 Å². The number of aryl methyl sites for hydroxylation is 1. The standard InChI is InChI=1S/C20H33N7OS.HI/c1-16-24-25-19(26(16)2)15-23-20(21-9-7-13-29-3)22-14-17(18-8-6-12-28-18)27-10-4-5-11-27;/h6,8,12,17H,4-5,7,9-11,13-15H2,1-3H3,(H2,21,22,23);1H. The summed E-state index contributed by atoms with van der Waals surface area (Å²) in [4.78, 5) is 7.25. The first-order valence-electron chi connectivity index (χ1n) is 10.3. The molecule has 0 aromatic carbocycles. The first-order valence-corrected chi connectivity index (χ1v) is 11.7. The van der Waals surface area contributed by atoms with Gasteiger partial charge in [0.15, 0.2) is 11.8 Å². The maximum atomic E-state index is 5.73. The molecule has 1 saturated heterocycles. The van der Waals surface area contributed by atoms with Crippen LogP contribution in [0, 0.1) is 6.92 Å². The minimum absolute atomic E-state index is 0. The van der Waals surface area contributed by atoms with Gasteiger partial charge in [-0.05, 0) is 63.4 Å². The van der Waals surface area contributed by atoms with Crippen molar-refractivity contribution < 1.29 is 4.42 Å². The zero-order chi connectivity index (χ0) is 20.5. The van der Waals surface area contributed by atoms with Crippen LogP contribution in [0.2, 0.25) is 0 Å². The van der Waals surface area contributed by atoms with E-state index in [2.05, 4.69) is 38.1 Å². The SMILES string of the molecule is CSCCCNC(=NCc1nnc(C)n1C)NCC(c1ccco1)N1CCCC1.I. The van der Waals surface area contributed by atoms with Gasteiger partial charge in [-0.1, -0.05) is 0 Å². The van der Waals surface area contributed by atoms with E-state index < -0.39 is 0 Å². The first kappa shape index (κ1) is 25.0. The lowest BCUT2D eigenvalue weighted by Crippen LogP contribution is -2.43. The van der Waals surface area contributed by atoms with Gasteiger partial charge in [0.1, 0.15) is 18.1 Å². The summed E-state index contributed by atoms with van der Waals surface area (Å²) in [6, 6.07) is 4.24. The van der Waals surface area contributed by atoms with Gasteiger partial charge in [0, 0.05) is 20.1 Å². The molecule has 168 valence electrons. The molecule has 1 unspecified atom stereocenters. The molecule has 8 nitrogen and oxygen atoms in total. The van der Waals surface area contributed by atoms with Crippen molar-refractivity contribution in [2.45, 2.75) is 38.8 Å². The predicted octanol–water partition coefficient (Wildman–Crippen LogP) is 2.96. The average Bonchev–Trinajstić information content (AvgIpc) is 3.49. The number of aromatic nitrogens is 3. The van der Waals surface area contributed by atoms with E-state index in [1.54, 1.807) is 6.26 Å². The second kappa shape index (κ2) is 13.2. The number of halogens is 1. The van der Waals surface area contributed by atoms with E-state index in [9.17, 15) is 0 Å². The Kier molecular flexibility index (Phi) is 11.0. The highest BCUT2D eigenvalue weighted by molar-refractivity contribution is 14.0. The fourth-order valence-corrected chi connectivity index (χ4v) is 3.91. The van der Waals surface area contributed by atoms with Gasteiger partial charge in [0.2, 0.25) is 0 Å². The van der Waals surface area contributed by atoms with Crippen molar-refractivity contribution in [2.75, 3.05) is 38.2 Å². The molecule has 0 radical (unpaired) electrons. The summed E-state index contributed by atoms with van der Waals surface area (Å²) in [7, 11) is 1.97. The molecule has 0 saturated carbocycles. The average molecular weight is 548 g/mol. The number of aliphatic imine (C=N–C) groups is 1. The summed E-state index contributed by atoms with van der Waals surface area (Å²) in [6.45, 7) is 6.30. The molecular weight excluding hydrogens is 513 g/mol. The second-order valence-electron chi connectivity index (χ2n) is 7.32. The molecule has 1 fully saturated rings. The molecule has 0 spiro atoms. The summed E-state index contributed by atoms with van der Waals surface area (Å²) in [5.74, 6) is 4.69. The van der Waals surface area contributed by atoms with Crippen molar-refractivity contribution in [3.63, 3.8) is 0 Å². The van der Waals surface area contributed by atoms with Gasteiger partial charge in [-0.2, -0.15) is 11.8 Å². The third-order valence-electron chi connectivity index (χ3n) is 5.29. The predicted molar refractivity (Wildman–Crippen MR) is 134 cm³/mol. The van der Waals surface area contributed by atoms with E-state index in [1.807, 2.05) is 36.4 Å². The van der Waals surface area contributed by atoms with E-state index in [-0.39, 0.29) is 30.0 Å². The van der Waals surface area contributed by atoms with Crippen molar-refractivity contribution in [1.82, 2.24) is 30.3 Å². The van der Waals surface area contributed by atoms with Crippen LogP contribution in [0.25, 0.3) is 0 Å². The van der Waals surface area contributed by atoms with Crippen molar-refractivity contribution in [1.29, 1.82) is 0 Å². The largest absolute Gasteiger partial charge is 0.468 e. The Balaban J connectivity index is 0.00000320. The Morgan fingerprint density at radius 3 is 2.73 bits per heavy atom. The lowest BCUT2D eigenvalue weighted by atomic mass is 10.2. The molecule has 1 aliphatic heterocycles. The number of guanidine groups is 1. The summed E-state index contributed by atoms with van der Waals surface area (Å²) < 4.78 is 7.71. The maximum Gasteiger partial charge on any atom is 0.191 e. The number of hydrogen-bond acceptors (Lipinski definition) is 6. The highest BCUT2D eigenvalue weighted by Crippen LogP contribution is 2.24. The third kappa shape index (κ3) is 7.16. The van der Waals surface area contributed by atoms with Gasteiger partial charge in [-0.15, -0.1) is 34.2 Å². The summed E-state index contributed by atoms with van der Waals surface area (Å²) in [5, 5.41) is 15.3. The lowest BCUT2D eigenvalue weighted by Gasteiger charge is -2.26. The normalized spacial score (nSPS) is 15.8. The quantitative estimate of drug-likeness (QED) is 0.205. The summed E-state index contributed by atoms with van der Waals surface area (Å²) in [6.07, 6.45) is 7.48. The van der Waals surface area contributed by atoms with Crippen LogP contribution >= 0.6 is 35.7 Å². The molecule has 10 heteroatoms. The zero-order valence-electron chi connectivity index (χ0n) is 18.1. The van der Waals surface area contributed by atoms with Crippen LogP contribution in [-0.4, -0.2) is 63.8 Å². The monoisotopic (exact) mass is 547 g/mol. The minimum atomic E-state index is 0. The Morgan fingerprint density at radius 2 is 2.10 bits per heavy atom. The number of rotatable bonds is 10. The van der Waals surface area contributed by atoms with E-state index in [4.69, 9.17) is 9.41 Å². The third-order valence-corrected chi connectivity index (χ3v) is 5.99. The number of thioether (sulfide) groups is 1. The molecule has 3 rings (SSSR count). The van der Waals surface area contributed by atoms with E-state index in [0.29, 0.717) is 6.54 Å². The molecule has 0 aliphatic carbocycles. The van der Waals surface area contributed by atoms with Gasteiger partial charge in [0.25, 0.3) is 0 Å². The summed E-state index contributed by atoms with van der Waals surface area (Å²) >= 11 is 1.86. The van der Waals surface area contributed by atoms with Crippen LogP contribution in [-0.2, 0) is 13.6 Å². The summed E-state index contributed by atoms with van der Waals surface area (Å²) in [5.41, 5.74) is 0. The number of likely N-dealkylation sites (tertiary alicyclic amines) is 1. The first-order chi connectivity index (χ1) is 14.2. The Hall–Kier alpha value is -1.27. The lowest BCUT2D eigenvalue weighted by molar-refractivity contribution is 0.215. The molecule has 0 bridgehead atoms. The van der Waals surface area contributed by atoms with Crippen LogP contribution in [0.5, 0.6) is 0 Å². The topological polar surface area (TPSA) is 83.5 Å². The fourth-order valence-electron chi connectivity index (χ4n) is 3.47. The van der Waals surface area contributed by atoms with E-state index >= 15 is 0 Å². The molecule has 1 atom stereocenters. The van der Waals surface area contributed by atoms with Crippen molar-refractivity contribution in [3.8, 4) is 0 Å². The highest BCUT2D eigenvalue weighted by atomic mass is 127. The van der Waals surface area contributed by atoms with E-state index in [0.717, 1.165) is 61.7 Å². The molecular formula is C20H34IN7OS. The van der Waals surface area contributed by atoms with Gasteiger partial charge < -0.3 is 19.6 Å². The highest BCUT2D eigenvalue weighted by Gasteiger charge is 2.25. The Bertz CT molecular complexity index is 759. The number of nitrogens with one attached hydrogen (secondary N) is 2. The van der Waals surface area contributed by atoms with Crippen LogP contribution in [0.1, 0.15) is 42.7 Å². The zero-order valence-corrected chi connectivity index (χ0v) is 21.3. The van der Waals surface area contributed by atoms with E-state index in [1.165, 1.54) is 12.8 Å². The van der Waals surface area contributed by atoms with Gasteiger partial charge in [0.05, 0.1) is 12.3 Å². The van der Waals surface area contributed by atoms with Crippen LogP contribution in [0.4, 0.5) is 0 Å². The fraction of sp³-hybridized carbons (Fsp3) is 0.650. The number of nitrogens with zero attached hydrogens (tertiary/aromatic N) is 5. The number of hydrogen-bond donors (Lipinski definition) is 2. The van der Waals surface area contributed by atoms with Crippen molar-refractivity contribution in [2.24, 2.45) is 12.0 Å². The van der Waals surface area contributed by atoms with Crippen LogP contribution in [0.15, 0.2) is 27.8 Å². The smallest absolute Gasteiger partial charge is 0.191 e. The molecule has 3 heterocycles. The molecule has 1 aliphatic rings. The van der Waals surface area contributed by atoms with Crippen LogP contribution < -0.4 is 10.6 Å². The number of furan rings is 1. The maximum absolute atomic E-state index is 5.73. The van der Waals surface area contributed by atoms with Crippen molar-refractivity contribution >= 4 is 41.7 Å². The van der Waals surface area contributed by atoms with Crippen LogP contribution in [0.3, 0.4) is 0 Å². The second-order valence-corrected chi connectivity index (χ2v) is 8.30. The molecule has 0 amide bonds. The van der Waals surface area contributed by atoms with Gasteiger partial charge in [-0.3, -0.25) is 4.90 Å². The molecule has 2 aromatic heterocycles. The van der Waals surface area contributed by atoms with Gasteiger partial charge in [-0.25, -0.2) is 4.99 Å². The molecule has 2 N–H and O–H groups in total. The van der Waals surface area contributed by atoms with Gasteiger partial charge >= 0.3 is 0 Å². The molecule has 2 aromatic rings.